The Kier molecular flexibility index (Phi) is 9.90. The number of furan rings is 1. The maximum absolute atomic E-state index is 9.50. The summed E-state index contributed by atoms with van der Waals surface area (Å²) in [6.45, 7) is 5.94. The second-order valence-electron chi connectivity index (χ2n) is 23.3. The SMILES string of the molecule is [2H]c1c([2H])c([2H])c(-c2ccc3c(c2)B2c4cc(-c5c([2H])c([2H])c([2H])c([2H])c5[2H])ccc4N(c4c(-c5ccccc5)cc(C(C)(C)C)cc4-c4ccccc4)c4cc(-c5cccc6oc7ccccc7c56)cc(c42)N3c2cc(-c3ccccc3)cc(-c3ccccc3)c2)c([2H])c1[2H]. The molecule has 0 bridgehead atoms. The first kappa shape index (κ1) is 41.3. The first-order valence-corrected chi connectivity index (χ1v) is 29.1. The van der Waals surface area contributed by atoms with Crippen LogP contribution in [0.3, 0.4) is 0 Å². The first-order valence-electron chi connectivity index (χ1n) is 34.1. The normalized spacial score (nSPS) is 14.2. The third-order valence-electron chi connectivity index (χ3n) is 17.1. The first-order chi connectivity index (χ1) is 46.4. The molecule has 1 aromatic heterocycles. The zero-order chi connectivity index (χ0) is 66.2. The predicted molar refractivity (Wildman–Crippen MR) is 364 cm³/mol. The molecule has 2 aliphatic heterocycles. The summed E-state index contributed by atoms with van der Waals surface area (Å²) in [6.07, 6.45) is 0. The molecule has 3 nitrogen and oxygen atoms in total. The van der Waals surface area contributed by atoms with E-state index in [1.165, 1.54) is 0 Å². The van der Waals surface area contributed by atoms with Gasteiger partial charge in [0.05, 0.1) is 19.4 Å². The Labute approximate surface area is 517 Å². The lowest BCUT2D eigenvalue weighted by molar-refractivity contribution is 0.591. The van der Waals surface area contributed by atoms with Crippen LogP contribution in [0.25, 0.3) is 99.8 Å². The van der Waals surface area contributed by atoms with E-state index in [1.54, 1.807) is 0 Å². The molecule has 0 radical (unpaired) electrons. The van der Waals surface area contributed by atoms with Gasteiger partial charge in [-0.05, 0) is 161 Å². The summed E-state index contributed by atoms with van der Waals surface area (Å²) in [4.78, 5) is 4.69. The summed E-state index contributed by atoms with van der Waals surface area (Å²) in [7, 11) is 0. The number of para-hydroxylation sites is 1. The lowest BCUT2D eigenvalue weighted by Crippen LogP contribution is -2.61. The molecule has 86 heavy (non-hydrogen) atoms. The van der Waals surface area contributed by atoms with Crippen LogP contribution in [0.2, 0.25) is 0 Å². The second kappa shape index (κ2) is 20.6. The maximum atomic E-state index is 9.50. The van der Waals surface area contributed by atoms with Gasteiger partial charge in [-0.25, -0.2) is 0 Å². The van der Waals surface area contributed by atoms with E-state index in [-0.39, 0.29) is 40.7 Å². The van der Waals surface area contributed by atoms with Crippen molar-refractivity contribution < 1.29 is 18.1 Å². The number of fused-ring (bicyclic) bond motifs is 7. The fourth-order valence-corrected chi connectivity index (χ4v) is 13.1. The minimum Gasteiger partial charge on any atom is -0.456 e. The molecule has 0 spiro atoms. The minimum absolute atomic E-state index is 0.0401. The average Bonchev–Trinajstić information content (AvgIpc) is 0.752. The molecule has 0 amide bonds. The topological polar surface area (TPSA) is 19.6 Å². The standard InChI is InChI=1S/C82H59BN2O/c1-82(2,3)65-52-69(58-33-18-8-19-34-58)81(70(53-65)59-35-20-9-21-36-59)85-74-44-42-61(55-27-12-5-13-28-55)49-72(74)83-71-48-60(54-25-10-4-11-26-54)41-43-73(71)84(66-46-62(56-29-14-6-15-30-56)45-63(47-66)57-31-16-7-17-32-57)75-50-64(51-76(85)80(75)83)67-38-24-40-78-79(67)68-37-22-23-39-77(68)86-78/h4-53H,1-3H3/i4D,5D,10D,11D,12D,13D,25D,26D,27D,28D. The minimum atomic E-state index is -0.749. The predicted octanol–water partition coefficient (Wildman–Crippen LogP) is 20.6. The quantitative estimate of drug-likeness (QED) is 0.134. The molecule has 0 unspecified atom stereocenters. The Morgan fingerprint density at radius 3 is 1.36 bits per heavy atom. The maximum Gasteiger partial charge on any atom is 0.252 e. The summed E-state index contributed by atoms with van der Waals surface area (Å²) < 4.78 is 98.0. The fraction of sp³-hybridized carbons (Fsp3) is 0.0488. The van der Waals surface area contributed by atoms with Gasteiger partial charge in [-0.3, -0.25) is 0 Å². The fourth-order valence-electron chi connectivity index (χ4n) is 13.1. The van der Waals surface area contributed by atoms with Crippen molar-refractivity contribution in [1.29, 1.82) is 0 Å². The average molecular weight is 1110 g/mol. The number of rotatable bonds is 9. The van der Waals surface area contributed by atoms with Gasteiger partial charge in [-0.2, -0.15) is 0 Å². The van der Waals surface area contributed by atoms with Crippen LogP contribution in [-0.4, -0.2) is 6.71 Å². The van der Waals surface area contributed by atoms with Crippen LogP contribution in [0.5, 0.6) is 0 Å². The van der Waals surface area contributed by atoms with Crippen LogP contribution in [0.15, 0.2) is 307 Å². The Hall–Kier alpha value is -10.7. The Balaban J connectivity index is 1.12. The van der Waals surface area contributed by atoms with Crippen molar-refractivity contribution >= 4 is 79.2 Å². The molecule has 4 heteroatoms. The number of nitrogens with zero attached hydrogens (tertiary/aromatic N) is 2. The highest BCUT2D eigenvalue weighted by Gasteiger charge is 2.45. The molecule has 0 saturated carbocycles. The van der Waals surface area contributed by atoms with E-state index >= 15 is 0 Å². The van der Waals surface area contributed by atoms with Crippen LogP contribution >= 0.6 is 0 Å². The summed E-state index contributed by atoms with van der Waals surface area (Å²) >= 11 is 0. The van der Waals surface area contributed by atoms with Gasteiger partial charge in [0.1, 0.15) is 11.2 Å². The van der Waals surface area contributed by atoms with Crippen LogP contribution in [0.4, 0.5) is 34.1 Å². The van der Waals surface area contributed by atoms with Gasteiger partial charge < -0.3 is 14.2 Å². The molecule has 2 aliphatic rings. The van der Waals surface area contributed by atoms with Crippen LogP contribution in [0.1, 0.15) is 40.0 Å². The monoisotopic (exact) mass is 1110 g/mol. The largest absolute Gasteiger partial charge is 0.456 e. The molecule has 0 atom stereocenters. The van der Waals surface area contributed by atoms with Crippen LogP contribution < -0.4 is 26.2 Å². The van der Waals surface area contributed by atoms with Gasteiger partial charge in [-0.15, -0.1) is 0 Å². The molecule has 3 heterocycles. The highest BCUT2D eigenvalue weighted by Crippen LogP contribution is 2.54. The zero-order valence-electron chi connectivity index (χ0n) is 57.5. The van der Waals surface area contributed by atoms with Gasteiger partial charge in [0.25, 0.3) is 6.71 Å². The van der Waals surface area contributed by atoms with Gasteiger partial charge >= 0.3 is 0 Å². The van der Waals surface area contributed by atoms with Crippen molar-refractivity contribution in [2.24, 2.45) is 0 Å². The van der Waals surface area contributed by atoms with Gasteiger partial charge in [0.2, 0.25) is 0 Å². The van der Waals surface area contributed by atoms with E-state index in [4.69, 9.17) is 12.6 Å². The van der Waals surface area contributed by atoms with Crippen molar-refractivity contribution in [2.45, 2.75) is 26.2 Å². The molecule has 406 valence electrons. The Bertz CT molecular complexity index is 5370. The second-order valence-corrected chi connectivity index (χ2v) is 23.3. The highest BCUT2D eigenvalue weighted by atomic mass is 16.3. The van der Waals surface area contributed by atoms with Gasteiger partial charge in [-0.1, -0.05) is 257 Å². The molecular formula is C82H59BN2O. The molecular weight excluding hydrogens is 1040 g/mol. The van der Waals surface area contributed by atoms with Crippen molar-refractivity contribution in [3.05, 3.63) is 309 Å². The summed E-state index contributed by atoms with van der Waals surface area (Å²) in [6, 6.07) is 79.1. The molecule has 14 aromatic rings. The Morgan fingerprint density at radius 2 is 0.826 bits per heavy atom. The van der Waals surface area contributed by atoms with Crippen molar-refractivity contribution in [3.63, 3.8) is 0 Å². The number of benzene rings is 13. The lowest BCUT2D eigenvalue weighted by Gasteiger charge is -2.45. The van der Waals surface area contributed by atoms with Crippen LogP contribution in [0, 0.1) is 0 Å². The van der Waals surface area contributed by atoms with E-state index in [9.17, 15) is 5.48 Å². The number of hydrogen-bond donors (Lipinski definition) is 0. The van der Waals surface area contributed by atoms with E-state index in [2.05, 4.69) is 158 Å². The molecule has 0 N–H and O–H groups in total. The Morgan fingerprint density at radius 1 is 0.349 bits per heavy atom. The molecule has 0 fully saturated rings. The highest BCUT2D eigenvalue weighted by molar-refractivity contribution is 7.00. The van der Waals surface area contributed by atoms with E-state index in [0.717, 1.165) is 134 Å². The smallest absolute Gasteiger partial charge is 0.252 e. The van der Waals surface area contributed by atoms with E-state index < -0.39 is 43.0 Å². The number of hydrogen-bond acceptors (Lipinski definition) is 3. The van der Waals surface area contributed by atoms with Crippen LogP contribution in [-0.2, 0) is 5.41 Å². The molecule has 13 aromatic carbocycles. The number of anilines is 6. The van der Waals surface area contributed by atoms with E-state index in [1.807, 2.05) is 115 Å². The molecule has 16 rings (SSSR count). The molecule has 0 saturated heterocycles. The van der Waals surface area contributed by atoms with Gasteiger partial charge in [0, 0.05) is 50.3 Å². The molecule has 0 aliphatic carbocycles. The third-order valence-corrected chi connectivity index (χ3v) is 17.1. The van der Waals surface area contributed by atoms with Gasteiger partial charge in [0.15, 0.2) is 0 Å². The zero-order valence-corrected chi connectivity index (χ0v) is 47.5. The van der Waals surface area contributed by atoms with Crippen molar-refractivity contribution in [3.8, 4) is 77.9 Å². The van der Waals surface area contributed by atoms with Crippen molar-refractivity contribution in [2.75, 3.05) is 9.80 Å². The summed E-state index contributed by atoms with van der Waals surface area (Å²) in [5.41, 5.74) is 19.8. The van der Waals surface area contributed by atoms with E-state index in [0.29, 0.717) is 11.1 Å². The third kappa shape index (κ3) is 8.67. The lowest BCUT2D eigenvalue weighted by atomic mass is 9.33. The van der Waals surface area contributed by atoms with Crippen molar-refractivity contribution in [1.82, 2.24) is 0 Å². The summed E-state index contributed by atoms with van der Waals surface area (Å²) in [5, 5.41) is 1.89. The summed E-state index contributed by atoms with van der Waals surface area (Å²) in [5.74, 6) is 0.